The zero-order chi connectivity index (χ0) is 19.0. The molecule has 0 aliphatic rings. The number of aromatic nitrogens is 2. The number of hydrogen-bond donors (Lipinski definition) is 1. The highest BCUT2D eigenvalue weighted by atomic mass is 79.9. The first kappa shape index (κ1) is 17.3. The minimum Gasteiger partial charge on any atom is -0.460 e. The normalized spacial score (nSPS) is 11.8. The van der Waals surface area contributed by atoms with Gasteiger partial charge in [0.05, 0.1) is 16.5 Å². The Morgan fingerprint density at radius 3 is 2.89 bits per heavy atom. The number of halogens is 1. The first-order valence-electron chi connectivity index (χ1n) is 8.43. The second kappa shape index (κ2) is 6.86. The third-order valence-corrected chi connectivity index (χ3v) is 4.86. The Bertz CT molecular complexity index is 1310. The molecule has 2 aromatic carbocycles. The van der Waals surface area contributed by atoms with Gasteiger partial charge in [-0.15, -0.1) is 0 Å². The maximum absolute atomic E-state index is 12.4. The van der Waals surface area contributed by atoms with Crippen LogP contribution in [0, 0.1) is 11.3 Å². The molecule has 4 aromatic rings. The molecule has 0 atom stereocenters. The average Bonchev–Trinajstić information content (AvgIpc) is 3.04. The highest BCUT2D eigenvalue weighted by molar-refractivity contribution is 9.10. The van der Waals surface area contributed by atoms with Crippen LogP contribution in [-0.4, -0.2) is 9.97 Å². The minimum absolute atomic E-state index is 0.240. The number of aromatic amines is 1. The molecular formula is C21H14BrN3O2. The SMILES string of the molecule is CCc1oc2ccccc2c1C=C(C#N)c1nc2ccc(Br)cc2c(=O)[nH]1. The lowest BCUT2D eigenvalue weighted by Gasteiger charge is -2.03. The number of allylic oxidation sites excluding steroid dienone is 1. The third kappa shape index (κ3) is 3.07. The van der Waals surface area contributed by atoms with Gasteiger partial charge in [0.25, 0.3) is 5.56 Å². The maximum atomic E-state index is 12.4. The van der Waals surface area contributed by atoms with Gasteiger partial charge < -0.3 is 9.40 Å². The standard InChI is InChI=1S/C21H14BrN3O2/c1-2-18-15(14-5-3-4-6-19(14)27-18)9-12(11-23)20-24-17-8-7-13(22)10-16(17)21(26)25-20/h3-10H,2H2,1H3,(H,24,25,26). The lowest BCUT2D eigenvalue weighted by atomic mass is 10.1. The number of nitrogens with zero attached hydrogens (tertiary/aromatic N) is 2. The molecule has 132 valence electrons. The largest absolute Gasteiger partial charge is 0.460 e. The summed E-state index contributed by atoms with van der Waals surface area (Å²) in [7, 11) is 0. The van der Waals surface area contributed by atoms with E-state index in [-0.39, 0.29) is 17.0 Å². The summed E-state index contributed by atoms with van der Waals surface area (Å²) in [5.41, 5.74) is 2.13. The maximum Gasteiger partial charge on any atom is 0.259 e. The summed E-state index contributed by atoms with van der Waals surface area (Å²) in [6.07, 6.45) is 2.42. The fraction of sp³-hybridized carbons (Fsp3) is 0.0952. The van der Waals surface area contributed by atoms with Crippen LogP contribution in [-0.2, 0) is 6.42 Å². The molecule has 0 aliphatic heterocycles. The van der Waals surface area contributed by atoms with Crippen LogP contribution in [0.4, 0.5) is 0 Å². The van der Waals surface area contributed by atoms with Gasteiger partial charge in [-0.2, -0.15) is 5.26 Å². The zero-order valence-corrected chi connectivity index (χ0v) is 16.0. The molecule has 5 nitrogen and oxygen atoms in total. The molecule has 1 N–H and O–H groups in total. The van der Waals surface area contributed by atoms with Gasteiger partial charge in [-0.3, -0.25) is 4.79 Å². The quantitative estimate of drug-likeness (QED) is 0.470. The van der Waals surface area contributed by atoms with Crippen molar-refractivity contribution in [3.63, 3.8) is 0 Å². The van der Waals surface area contributed by atoms with Crippen molar-refractivity contribution in [3.8, 4) is 6.07 Å². The smallest absolute Gasteiger partial charge is 0.259 e. The molecule has 6 heteroatoms. The van der Waals surface area contributed by atoms with Crippen molar-refractivity contribution in [2.45, 2.75) is 13.3 Å². The number of para-hydroxylation sites is 1. The van der Waals surface area contributed by atoms with E-state index in [9.17, 15) is 10.1 Å². The predicted octanol–water partition coefficient (Wildman–Crippen LogP) is 5.06. The molecule has 0 unspecified atom stereocenters. The highest BCUT2D eigenvalue weighted by Crippen LogP contribution is 2.29. The number of benzene rings is 2. The molecule has 0 radical (unpaired) electrons. The van der Waals surface area contributed by atoms with Gasteiger partial charge >= 0.3 is 0 Å². The van der Waals surface area contributed by atoms with Crippen LogP contribution in [0.3, 0.4) is 0 Å². The lowest BCUT2D eigenvalue weighted by molar-refractivity contribution is 0.556. The Morgan fingerprint density at radius 1 is 1.30 bits per heavy atom. The van der Waals surface area contributed by atoms with Crippen LogP contribution in [0.1, 0.15) is 24.1 Å². The predicted molar refractivity (Wildman–Crippen MR) is 109 cm³/mol. The molecule has 2 heterocycles. The molecule has 0 amide bonds. The van der Waals surface area contributed by atoms with Crippen LogP contribution in [0.25, 0.3) is 33.5 Å². The topological polar surface area (TPSA) is 82.7 Å². The monoisotopic (exact) mass is 419 g/mol. The Kier molecular flexibility index (Phi) is 4.38. The molecule has 4 rings (SSSR count). The molecule has 0 saturated carbocycles. The minimum atomic E-state index is -0.287. The second-order valence-corrected chi connectivity index (χ2v) is 6.95. The van der Waals surface area contributed by atoms with Gasteiger partial charge in [-0.1, -0.05) is 41.1 Å². The number of furan rings is 1. The molecule has 0 bridgehead atoms. The number of fused-ring (bicyclic) bond motifs is 2. The molecule has 2 aromatic heterocycles. The van der Waals surface area contributed by atoms with Crippen molar-refractivity contribution in [3.05, 3.63) is 74.4 Å². The Morgan fingerprint density at radius 2 is 2.11 bits per heavy atom. The van der Waals surface area contributed by atoms with Crippen molar-refractivity contribution in [1.29, 1.82) is 5.26 Å². The van der Waals surface area contributed by atoms with E-state index in [4.69, 9.17) is 4.42 Å². The van der Waals surface area contributed by atoms with Crippen LogP contribution in [0.5, 0.6) is 0 Å². The van der Waals surface area contributed by atoms with E-state index in [1.54, 1.807) is 18.2 Å². The first-order valence-corrected chi connectivity index (χ1v) is 9.22. The molecular weight excluding hydrogens is 406 g/mol. The number of H-pyrrole nitrogens is 1. The van der Waals surface area contributed by atoms with E-state index in [0.29, 0.717) is 17.3 Å². The zero-order valence-electron chi connectivity index (χ0n) is 14.4. The van der Waals surface area contributed by atoms with Gasteiger partial charge in [0.2, 0.25) is 0 Å². The van der Waals surface area contributed by atoms with Crippen LogP contribution >= 0.6 is 15.9 Å². The van der Waals surface area contributed by atoms with Crippen molar-refractivity contribution in [2.24, 2.45) is 0 Å². The van der Waals surface area contributed by atoms with E-state index >= 15 is 0 Å². The summed E-state index contributed by atoms with van der Waals surface area (Å²) in [5, 5.41) is 11.1. The van der Waals surface area contributed by atoms with Crippen molar-refractivity contribution in [1.82, 2.24) is 9.97 Å². The summed E-state index contributed by atoms with van der Waals surface area (Å²) in [5.74, 6) is 1.03. The Balaban J connectivity index is 1.93. The van der Waals surface area contributed by atoms with Crippen molar-refractivity contribution < 1.29 is 4.42 Å². The second-order valence-electron chi connectivity index (χ2n) is 6.03. The average molecular weight is 420 g/mol. The number of nitrogens with one attached hydrogen (secondary N) is 1. The Labute approximate surface area is 163 Å². The third-order valence-electron chi connectivity index (χ3n) is 4.36. The van der Waals surface area contributed by atoms with E-state index in [1.165, 1.54) is 0 Å². The molecule has 0 spiro atoms. The Hall–Kier alpha value is -3.17. The van der Waals surface area contributed by atoms with Crippen molar-refractivity contribution in [2.75, 3.05) is 0 Å². The van der Waals surface area contributed by atoms with Crippen molar-refractivity contribution >= 4 is 49.5 Å². The molecule has 0 saturated heterocycles. The number of hydrogen-bond acceptors (Lipinski definition) is 4. The summed E-state index contributed by atoms with van der Waals surface area (Å²) >= 11 is 3.35. The fourth-order valence-corrected chi connectivity index (χ4v) is 3.43. The number of aryl methyl sites for hydroxylation is 1. The number of rotatable bonds is 3. The summed E-state index contributed by atoms with van der Waals surface area (Å²) < 4.78 is 6.68. The van der Waals surface area contributed by atoms with Crippen LogP contribution in [0.2, 0.25) is 0 Å². The van der Waals surface area contributed by atoms with Gasteiger partial charge in [0.15, 0.2) is 5.82 Å². The van der Waals surface area contributed by atoms with Gasteiger partial charge in [-0.05, 0) is 30.3 Å². The first-order chi connectivity index (χ1) is 13.1. The fourth-order valence-electron chi connectivity index (χ4n) is 3.07. The van der Waals surface area contributed by atoms with E-state index < -0.39 is 0 Å². The van der Waals surface area contributed by atoms with Gasteiger partial charge in [0, 0.05) is 21.8 Å². The molecule has 0 fully saturated rings. The summed E-state index contributed by atoms with van der Waals surface area (Å²) in [6.45, 7) is 2.00. The molecule has 27 heavy (non-hydrogen) atoms. The van der Waals surface area contributed by atoms with Crippen LogP contribution in [0.15, 0.2) is 56.1 Å². The summed E-state index contributed by atoms with van der Waals surface area (Å²) in [4.78, 5) is 19.6. The lowest BCUT2D eigenvalue weighted by Crippen LogP contribution is -2.11. The van der Waals surface area contributed by atoms with E-state index in [2.05, 4.69) is 32.0 Å². The van der Waals surface area contributed by atoms with Gasteiger partial charge in [-0.25, -0.2) is 4.98 Å². The highest BCUT2D eigenvalue weighted by Gasteiger charge is 2.14. The number of nitriles is 1. The van der Waals surface area contributed by atoms with Gasteiger partial charge in [0.1, 0.15) is 17.4 Å². The summed E-state index contributed by atoms with van der Waals surface area (Å²) in [6, 6.07) is 15.1. The van der Waals surface area contributed by atoms with Crippen LogP contribution < -0.4 is 5.56 Å². The molecule has 0 aliphatic carbocycles. The van der Waals surface area contributed by atoms with E-state index in [0.717, 1.165) is 26.8 Å². The van der Waals surface area contributed by atoms with E-state index in [1.807, 2.05) is 37.3 Å².